The zero-order valence-electron chi connectivity index (χ0n) is 17.4. The molecule has 1 saturated heterocycles. The van der Waals surface area contributed by atoms with E-state index in [2.05, 4.69) is 37.9 Å². The molecule has 148 valence electrons. The number of hydrogen-bond donors (Lipinski definition) is 0. The summed E-state index contributed by atoms with van der Waals surface area (Å²) in [6.45, 7) is 10.1. The topological polar surface area (TPSA) is 27.1 Å². The Morgan fingerprint density at radius 1 is 1.04 bits per heavy atom. The summed E-state index contributed by atoms with van der Waals surface area (Å²) in [6.07, 6.45) is 19.5. The molecule has 0 aliphatic carbocycles. The van der Waals surface area contributed by atoms with Crippen LogP contribution < -0.4 is 3.71 Å². The molecule has 2 rings (SSSR count). The molecule has 0 N–H and O–H groups in total. The van der Waals surface area contributed by atoms with Gasteiger partial charge < -0.3 is 0 Å². The summed E-state index contributed by atoms with van der Waals surface area (Å²) in [7, 11) is 0. The predicted molar refractivity (Wildman–Crippen MR) is 112 cm³/mol. The van der Waals surface area contributed by atoms with Gasteiger partial charge in [0.2, 0.25) is 0 Å². The van der Waals surface area contributed by atoms with Crippen molar-refractivity contribution in [1.29, 1.82) is 0 Å². The fraction of sp³-hybridized carbons (Fsp3) is 0.864. The van der Waals surface area contributed by atoms with E-state index >= 15 is 0 Å². The van der Waals surface area contributed by atoms with E-state index in [1.54, 1.807) is 0 Å². The molecular weight excluding hydrogens is 427 g/mol. The van der Waals surface area contributed by atoms with E-state index in [1.165, 1.54) is 74.3 Å². The van der Waals surface area contributed by atoms with Gasteiger partial charge in [0, 0.05) is 0 Å². The van der Waals surface area contributed by atoms with Crippen molar-refractivity contribution in [3.05, 3.63) is 12.5 Å². The van der Waals surface area contributed by atoms with Gasteiger partial charge in [-0.25, -0.2) is 0 Å². The maximum absolute atomic E-state index is 5.50. The Morgan fingerprint density at radius 3 is 2.15 bits per heavy atom. The molecule has 0 bridgehead atoms. The van der Waals surface area contributed by atoms with Crippen molar-refractivity contribution < 1.29 is 4.74 Å². The summed E-state index contributed by atoms with van der Waals surface area (Å²) in [5.41, 5.74) is 0. The van der Waals surface area contributed by atoms with E-state index in [-0.39, 0.29) is 0 Å². The van der Waals surface area contributed by atoms with E-state index in [0.717, 1.165) is 25.7 Å². The molecule has 1 aromatic heterocycles. The van der Waals surface area contributed by atoms with E-state index in [4.69, 9.17) is 9.72 Å². The van der Waals surface area contributed by atoms with Gasteiger partial charge in [-0.15, -0.1) is 0 Å². The van der Waals surface area contributed by atoms with E-state index < -0.39 is 21.1 Å². The molecule has 0 atom stereocenters. The van der Waals surface area contributed by atoms with Crippen LogP contribution in [0.2, 0.25) is 3.43 Å². The molecule has 1 aliphatic heterocycles. The van der Waals surface area contributed by atoms with Crippen molar-refractivity contribution in [2.24, 2.45) is 5.92 Å². The average Bonchev–Trinajstić information content (AvgIpc) is 3.10. The van der Waals surface area contributed by atoms with Crippen molar-refractivity contribution in [1.82, 2.24) is 9.55 Å². The molecule has 1 aromatic rings. The van der Waals surface area contributed by atoms with Crippen molar-refractivity contribution in [2.75, 3.05) is 13.2 Å². The van der Waals surface area contributed by atoms with Crippen molar-refractivity contribution in [3.63, 3.8) is 0 Å². The van der Waals surface area contributed by atoms with Crippen molar-refractivity contribution in [2.45, 2.75) is 101 Å². The minimum absolute atomic E-state index is 0.642. The molecule has 2 heterocycles. The zero-order valence-corrected chi connectivity index (χ0v) is 20.3. The van der Waals surface area contributed by atoms with Gasteiger partial charge in [0.05, 0.1) is 0 Å². The Kier molecular flexibility index (Phi) is 10.6. The molecule has 1 fully saturated rings. The van der Waals surface area contributed by atoms with Crippen LogP contribution in [-0.2, 0) is 11.3 Å². The van der Waals surface area contributed by atoms with Crippen LogP contribution in [0.4, 0.5) is 0 Å². The van der Waals surface area contributed by atoms with Crippen LogP contribution in [0, 0.1) is 5.92 Å². The summed E-state index contributed by atoms with van der Waals surface area (Å²) in [4.78, 5) is 4.90. The van der Waals surface area contributed by atoms with Crippen LogP contribution in [-0.4, -0.2) is 43.9 Å². The summed E-state index contributed by atoms with van der Waals surface area (Å²) in [6, 6.07) is 0. The second-order valence-corrected chi connectivity index (χ2v) is 13.4. The summed E-state index contributed by atoms with van der Waals surface area (Å²) >= 11 is -0.678. The standard InChI is InChI=1S/C13H27.C9H13N2O.Sn/c1-4-7-10-13(11-8-5-2)12-9-6-3;1-5-12-6-2-9(1)7-11-4-3-10-8-11;/h4-12H2,1-3H3;4,8-9H,1-2,5-7H2;. The van der Waals surface area contributed by atoms with Crippen LogP contribution in [0.5, 0.6) is 0 Å². The van der Waals surface area contributed by atoms with Gasteiger partial charge in [-0.1, -0.05) is 0 Å². The van der Waals surface area contributed by atoms with Crippen LogP contribution in [0.15, 0.2) is 12.5 Å². The van der Waals surface area contributed by atoms with Gasteiger partial charge in [-0.2, -0.15) is 0 Å². The molecule has 0 aromatic carbocycles. The zero-order chi connectivity index (χ0) is 18.7. The fourth-order valence-corrected chi connectivity index (χ4v) is 9.27. The number of aromatic nitrogens is 2. The summed E-state index contributed by atoms with van der Waals surface area (Å²) < 4.78 is 10.0. The monoisotopic (exact) mass is 468 g/mol. The van der Waals surface area contributed by atoms with Gasteiger partial charge in [0.25, 0.3) is 0 Å². The van der Waals surface area contributed by atoms with Crippen LogP contribution >= 0.6 is 0 Å². The first-order chi connectivity index (χ1) is 12.7. The number of ether oxygens (including phenoxy) is 1. The Morgan fingerprint density at radius 2 is 1.62 bits per heavy atom. The second-order valence-electron chi connectivity index (χ2n) is 8.23. The number of imidazole rings is 1. The molecular formula is C22H40N2OSn. The normalized spacial score (nSPS) is 16.3. The molecule has 0 spiro atoms. The molecule has 2 radical (unpaired) electrons. The summed E-state index contributed by atoms with van der Waals surface area (Å²) in [5.74, 6) is 0.779. The molecule has 0 saturated carbocycles. The van der Waals surface area contributed by atoms with Gasteiger partial charge in [0.15, 0.2) is 0 Å². The van der Waals surface area contributed by atoms with Gasteiger partial charge >= 0.3 is 172 Å². The van der Waals surface area contributed by atoms with Crippen LogP contribution in [0.25, 0.3) is 0 Å². The minimum atomic E-state index is -0.678. The van der Waals surface area contributed by atoms with E-state index in [1.807, 2.05) is 0 Å². The second kappa shape index (κ2) is 12.4. The summed E-state index contributed by atoms with van der Waals surface area (Å²) in [5, 5.41) is 0. The molecule has 26 heavy (non-hydrogen) atoms. The first kappa shape index (κ1) is 22.3. The number of hydrogen-bond acceptors (Lipinski definition) is 2. The third-order valence-corrected chi connectivity index (χ3v) is 11.0. The molecule has 4 heteroatoms. The van der Waals surface area contributed by atoms with Gasteiger partial charge in [0.1, 0.15) is 0 Å². The third kappa shape index (κ3) is 7.53. The molecule has 1 aliphatic rings. The Balaban J connectivity index is 2.02. The van der Waals surface area contributed by atoms with Crippen LogP contribution in [0.1, 0.15) is 91.4 Å². The van der Waals surface area contributed by atoms with Gasteiger partial charge in [-0.3, -0.25) is 0 Å². The van der Waals surface area contributed by atoms with Crippen molar-refractivity contribution >= 4 is 24.9 Å². The van der Waals surface area contributed by atoms with Gasteiger partial charge in [-0.05, 0) is 0 Å². The van der Waals surface area contributed by atoms with Crippen molar-refractivity contribution in [3.8, 4) is 0 Å². The molecule has 0 unspecified atom stereocenters. The predicted octanol–water partition coefficient (Wildman–Crippen LogP) is 5.37. The van der Waals surface area contributed by atoms with E-state index in [9.17, 15) is 0 Å². The Hall–Kier alpha value is -0.0313. The first-order valence-corrected chi connectivity index (χ1v) is 13.9. The quantitative estimate of drug-likeness (QED) is 0.365. The first-order valence-electron chi connectivity index (χ1n) is 11.1. The Bertz CT molecular complexity index is 460. The maximum atomic E-state index is 5.50. The number of unbranched alkanes of at least 4 members (excludes halogenated alkanes) is 3. The number of rotatable bonds is 13. The number of nitrogens with zero attached hydrogens (tertiary/aromatic N) is 2. The van der Waals surface area contributed by atoms with E-state index in [0.29, 0.717) is 3.43 Å². The van der Waals surface area contributed by atoms with Crippen LogP contribution in [0.3, 0.4) is 0 Å². The SMILES string of the molecule is CCCC[C](CCCC)(CCCC)[Sn][c]1cn(CC2CCOCC2)cn1. The fourth-order valence-electron chi connectivity index (χ4n) is 4.13. The average molecular weight is 467 g/mol. The Labute approximate surface area is 171 Å². The molecule has 3 nitrogen and oxygen atoms in total. The third-order valence-electron chi connectivity index (χ3n) is 5.86. The molecule has 0 amide bonds.